The van der Waals surface area contributed by atoms with E-state index in [-0.39, 0.29) is 10.6 Å². The van der Waals surface area contributed by atoms with Gasteiger partial charge in [-0.15, -0.1) is 0 Å². The van der Waals surface area contributed by atoms with Crippen molar-refractivity contribution in [1.29, 1.82) is 0 Å². The predicted octanol–water partition coefficient (Wildman–Crippen LogP) is 5.05. The maximum atomic E-state index is 10.7. The van der Waals surface area contributed by atoms with Crippen LogP contribution in [0, 0.1) is 16.0 Å². The lowest BCUT2D eigenvalue weighted by molar-refractivity contribution is -0.384. The summed E-state index contributed by atoms with van der Waals surface area (Å²) in [6, 6.07) is 4.91. The molecule has 4 nitrogen and oxygen atoms in total. The van der Waals surface area contributed by atoms with E-state index in [1.807, 2.05) is 0 Å². The Balaban J connectivity index is 2.17. The van der Waals surface area contributed by atoms with Crippen LogP contribution in [0.4, 0.5) is 5.69 Å². The lowest BCUT2D eigenvalue weighted by Gasteiger charge is -2.07. The van der Waals surface area contributed by atoms with E-state index >= 15 is 0 Å². The highest BCUT2D eigenvalue weighted by Gasteiger charge is 2.08. The van der Waals surface area contributed by atoms with E-state index in [9.17, 15) is 10.1 Å². The Bertz CT molecular complexity index is 450. The van der Waals surface area contributed by atoms with Gasteiger partial charge in [0.25, 0.3) is 5.69 Å². The van der Waals surface area contributed by atoms with Crippen molar-refractivity contribution >= 4 is 21.6 Å². The minimum absolute atomic E-state index is 0.121. The zero-order valence-electron chi connectivity index (χ0n) is 12.9. The molecule has 0 bridgehead atoms. The number of nitrogens with zero attached hydrogens (tertiary/aromatic N) is 1. The molecule has 1 N–H and O–H groups in total. The zero-order chi connectivity index (χ0) is 15.7. The first-order chi connectivity index (χ1) is 10.0. The fourth-order valence-electron chi connectivity index (χ4n) is 2.17. The quantitative estimate of drug-likeness (QED) is 0.362. The number of benzene rings is 1. The molecule has 0 atom stereocenters. The van der Waals surface area contributed by atoms with Gasteiger partial charge in [-0.25, -0.2) is 0 Å². The Hall–Kier alpha value is -0.940. The Labute approximate surface area is 135 Å². The number of nitro groups is 1. The highest BCUT2D eigenvalue weighted by Crippen LogP contribution is 2.22. The van der Waals surface area contributed by atoms with Gasteiger partial charge < -0.3 is 5.32 Å². The van der Waals surface area contributed by atoms with Crippen molar-refractivity contribution in [2.75, 3.05) is 6.54 Å². The van der Waals surface area contributed by atoms with Gasteiger partial charge in [0.1, 0.15) is 0 Å². The van der Waals surface area contributed by atoms with Crippen molar-refractivity contribution in [3.63, 3.8) is 0 Å². The SMILES string of the molecule is CC(C)CCCCCCNCc1ccc([N+](=O)[O-])cc1Br. The average Bonchev–Trinajstić information content (AvgIpc) is 2.42. The first kappa shape index (κ1) is 18.1. The summed E-state index contributed by atoms with van der Waals surface area (Å²) in [6.07, 6.45) is 6.40. The number of nitrogens with one attached hydrogen (secondary N) is 1. The highest BCUT2D eigenvalue weighted by atomic mass is 79.9. The van der Waals surface area contributed by atoms with Gasteiger partial charge >= 0.3 is 0 Å². The molecule has 0 unspecified atom stereocenters. The van der Waals surface area contributed by atoms with Crippen LogP contribution in [0.5, 0.6) is 0 Å². The molecule has 0 aliphatic carbocycles. The summed E-state index contributed by atoms with van der Waals surface area (Å²) in [6.45, 7) is 6.27. The van der Waals surface area contributed by atoms with E-state index in [2.05, 4.69) is 35.1 Å². The van der Waals surface area contributed by atoms with Crippen LogP contribution in [-0.4, -0.2) is 11.5 Å². The molecular weight excluding hydrogens is 332 g/mol. The number of nitro benzene ring substituents is 1. The molecule has 0 fully saturated rings. The van der Waals surface area contributed by atoms with Crippen LogP contribution in [0.15, 0.2) is 22.7 Å². The minimum atomic E-state index is -0.376. The zero-order valence-corrected chi connectivity index (χ0v) is 14.5. The maximum Gasteiger partial charge on any atom is 0.270 e. The molecular formula is C16H25BrN2O2. The third-order valence-corrected chi connectivity index (χ3v) is 4.19. The van der Waals surface area contributed by atoms with Crippen LogP contribution in [0.2, 0.25) is 0 Å². The van der Waals surface area contributed by atoms with Gasteiger partial charge in [-0.05, 0) is 30.5 Å². The van der Waals surface area contributed by atoms with Crippen molar-refractivity contribution in [2.24, 2.45) is 5.92 Å². The van der Waals surface area contributed by atoms with E-state index < -0.39 is 0 Å². The Morgan fingerprint density at radius 3 is 2.57 bits per heavy atom. The fraction of sp³-hybridized carbons (Fsp3) is 0.625. The average molecular weight is 357 g/mol. The summed E-state index contributed by atoms with van der Waals surface area (Å²) < 4.78 is 0.793. The fourth-order valence-corrected chi connectivity index (χ4v) is 2.68. The molecule has 0 saturated carbocycles. The summed E-state index contributed by atoms with van der Waals surface area (Å²) in [5.41, 5.74) is 1.18. The summed E-state index contributed by atoms with van der Waals surface area (Å²) in [4.78, 5) is 10.3. The smallest absolute Gasteiger partial charge is 0.270 e. The molecule has 0 aromatic heterocycles. The number of rotatable bonds is 10. The van der Waals surface area contributed by atoms with Crippen LogP contribution < -0.4 is 5.32 Å². The van der Waals surface area contributed by atoms with Crippen molar-refractivity contribution in [3.8, 4) is 0 Å². The number of halogens is 1. The highest BCUT2D eigenvalue weighted by molar-refractivity contribution is 9.10. The lowest BCUT2D eigenvalue weighted by atomic mass is 10.0. The van der Waals surface area contributed by atoms with Gasteiger partial charge in [0.05, 0.1) is 4.92 Å². The van der Waals surface area contributed by atoms with Gasteiger partial charge in [0.15, 0.2) is 0 Å². The first-order valence-corrected chi connectivity index (χ1v) is 8.43. The van der Waals surface area contributed by atoms with Crippen LogP contribution in [-0.2, 0) is 6.54 Å². The Morgan fingerprint density at radius 1 is 1.24 bits per heavy atom. The van der Waals surface area contributed by atoms with Crippen molar-refractivity contribution < 1.29 is 4.92 Å². The minimum Gasteiger partial charge on any atom is -0.313 e. The standard InChI is InChI=1S/C16H25BrN2O2/c1-13(2)7-5-3-4-6-10-18-12-14-8-9-15(19(20)21)11-16(14)17/h8-9,11,13,18H,3-7,10,12H2,1-2H3. The predicted molar refractivity (Wildman–Crippen MR) is 90.4 cm³/mol. The van der Waals surface area contributed by atoms with E-state index in [1.54, 1.807) is 18.2 Å². The van der Waals surface area contributed by atoms with Gasteiger partial charge in [-0.2, -0.15) is 0 Å². The number of unbranched alkanes of at least 4 members (excludes halogenated alkanes) is 3. The van der Waals surface area contributed by atoms with Crippen molar-refractivity contribution in [1.82, 2.24) is 5.32 Å². The summed E-state index contributed by atoms with van der Waals surface area (Å²) in [5.74, 6) is 0.808. The number of hydrogen-bond donors (Lipinski definition) is 1. The largest absolute Gasteiger partial charge is 0.313 e. The van der Waals surface area contributed by atoms with Crippen LogP contribution in [0.1, 0.15) is 51.5 Å². The van der Waals surface area contributed by atoms with Gasteiger partial charge in [-0.1, -0.05) is 55.5 Å². The first-order valence-electron chi connectivity index (χ1n) is 7.64. The van der Waals surface area contributed by atoms with Gasteiger partial charge in [-0.3, -0.25) is 10.1 Å². The summed E-state index contributed by atoms with van der Waals surface area (Å²) >= 11 is 3.39. The third-order valence-electron chi connectivity index (χ3n) is 3.45. The van der Waals surface area contributed by atoms with E-state index in [0.29, 0.717) is 0 Å². The second-order valence-electron chi connectivity index (χ2n) is 5.81. The van der Waals surface area contributed by atoms with E-state index in [4.69, 9.17) is 0 Å². The Morgan fingerprint density at radius 2 is 1.95 bits per heavy atom. The molecule has 0 radical (unpaired) electrons. The molecule has 0 spiro atoms. The number of non-ortho nitro benzene ring substituents is 1. The summed E-state index contributed by atoms with van der Waals surface area (Å²) in [5, 5.41) is 14.1. The normalized spacial score (nSPS) is 11.0. The van der Waals surface area contributed by atoms with Crippen molar-refractivity contribution in [3.05, 3.63) is 38.3 Å². The van der Waals surface area contributed by atoms with Crippen LogP contribution in [0.3, 0.4) is 0 Å². The molecule has 21 heavy (non-hydrogen) atoms. The molecule has 1 aromatic rings. The monoisotopic (exact) mass is 356 g/mol. The molecule has 1 rings (SSSR count). The van der Waals surface area contributed by atoms with Crippen LogP contribution >= 0.6 is 15.9 Å². The molecule has 118 valence electrons. The van der Waals surface area contributed by atoms with Crippen molar-refractivity contribution in [2.45, 2.75) is 52.5 Å². The number of hydrogen-bond acceptors (Lipinski definition) is 3. The molecule has 5 heteroatoms. The molecule has 1 aromatic carbocycles. The Kier molecular flexibility index (Phi) is 8.54. The lowest BCUT2D eigenvalue weighted by Crippen LogP contribution is -2.15. The van der Waals surface area contributed by atoms with Gasteiger partial charge in [0.2, 0.25) is 0 Å². The molecule has 0 saturated heterocycles. The third kappa shape index (κ3) is 7.58. The van der Waals surface area contributed by atoms with Gasteiger partial charge in [0, 0.05) is 23.2 Å². The van der Waals surface area contributed by atoms with E-state index in [0.717, 1.165) is 29.0 Å². The maximum absolute atomic E-state index is 10.7. The van der Waals surface area contributed by atoms with Crippen LogP contribution in [0.25, 0.3) is 0 Å². The molecule has 0 heterocycles. The topological polar surface area (TPSA) is 55.2 Å². The van der Waals surface area contributed by atoms with E-state index in [1.165, 1.54) is 32.1 Å². The second kappa shape index (κ2) is 9.90. The molecule has 0 aliphatic heterocycles. The molecule has 0 amide bonds. The molecule has 0 aliphatic rings. The summed E-state index contributed by atoms with van der Waals surface area (Å²) in [7, 11) is 0. The second-order valence-corrected chi connectivity index (χ2v) is 6.66.